The minimum Gasteiger partial charge on any atom is -0.451 e. The van der Waals surface area contributed by atoms with Crippen molar-refractivity contribution in [3.63, 3.8) is 0 Å². The van der Waals surface area contributed by atoms with Crippen LogP contribution in [-0.4, -0.2) is 40.8 Å². The molecule has 8 heteroatoms. The summed E-state index contributed by atoms with van der Waals surface area (Å²) in [6.45, 7) is -0.0376. The van der Waals surface area contributed by atoms with Crippen molar-refractivity contribution in [3.8, 4) is 10.6 Å². The van der Waals surface area contributed by atoms with E-state index in [1.807, 2.05) is 16.8 Å². The number of rotatable bonds is 4. The fraction of sp³-hybridized carbons (Fsp3) is 0.286. The third-order valence-corrected chi connectivity index (χ3v) is 4.76. The molecule has 1 saturated heterocycles. The molecule has 3 rings (SSSR count). The van der Waals surface area contributed by atoms with Crippen LogP contribution in [0.2, 0.25) is 0 Å². The van der Waals surface area contributed by atoms with Gasteiger partial charge in [0.05, 0.1) is 0 Å². The first-order valence-corrected chi connectivity index (χ1v) is 8.46. The molecule has 2 aromatic rings. The van der Waals surface area contributed by atoms with Gasteiger partial charge in [-0.05, 0) is 17.9 Å². The molecule has 1 aliphatic rings. The van der Waals surface area contributed by atoms with Crippen molar-refractivity contribution in [1.29, 1.82) is 0 Å². The molecule has 1 fully saturated rings. The highest BCUT2D eigenvalue weighted by atomic mass is 32.1. The average Bonchev–Trinajstić information content (AvgIpc) is 3.23. The lowest BCUT2D eigenvalue weighted by atomic mass is 10.3. The maximum Gasteiger partial charge on any atom is 0.358 e. The van der Waals surface area contributed by atoms with Crippen LogP contribution in [0.1, 0.15) is 23.3 Å². The summed E-state index contributed by atoms with van der Waals surface area (Å²) < 4.78 is 4.95. The van der Waals surface area contributed by atoms with Gasteiger partial charge >= 0.3 is 5.97 Å². The summed E-state index contributed by atoms with van der Waals surface area (Å²) in [5.74, 6) is -1.35. The topological polar surface area (TPSA) is 76.6 Å². The lowest BCUT2D eigenvalue weighted by molar-refractivity contribution is -0.143. The van der Waals surface area contributed by atoms with E-state index >= 15 is 0 Å². The van der Waals surface area contributed by atoms with Gasteiger partial charge in [-0.2, -0.15) is 11.3 Å². The van der Waals surface area contributed by atoms with Crippen molar-refractivity contribution >= 4 is 40.5 Å². The molecule has 2 amide bonds. The minimum absolute atomic E-state index is 0.173. The van der Waals surface area contributed by atoms with E-state index in [2.05, 4.69) is 4.98 Å². The Bertz CT molecular complexity index is 708. The number of aromatic nitrogens is 1. The molecular formula is C14H12N2O4S2. The van der Waals surface area contributed by atoms with Crippen LogP contribution in [0.3, 0.4) is 0 Å². The summed E-state index contributed by atoms with van der Waals surface area (Å²) in [5.41, 5.74) is 1.12. The highest BCUT2D eigenvalue weighted by Gasteiger charge is 2.27. The highest BCUT2D eigenvalue weighted by molar-refractivity contribution is 7.14. The SMILES string of the molecule is O=C(OCC(=O)N1CCCC1=O)c1csc(-c2ccsc2)n1. The summed E-state index contributed by atoms with van der Waals surface area (Å²) in [7, 11) is 0. The number of hydrogen-bond donors (Lipinski definition) is 0. The second-order valence-corrected chi connectivity index (χ2v) is 6.31. The standard InChI is InChI=1S/C14H12N2O4S2/c17-11-2-1-4-16(11)12(18)6-20-14(19)10-8-22-13(15-10)9-3-5-21-7-9/h3,5,7-8H,1-2,4,6H2. The van der Waals surface area contributed by atoms with Crippen LogP contribution >= 0.6 is 22.7 Å². The zero-order valence-electron chi connectivity index (χ0n) is 11.5. The summed E-state index contributed by atoms with van der Waals surface area (Å²) in [5, 5.41) is 6.20. The van der Waals surface area contributed by atoms with Crippen LogP contribution in [0.15, 0.2) is 22.2 Å². The predicted molar refractivity (Wildman–Crippen MR) is 81.7 cm³/mol. The molecule has 6 nitrogen and oxygen atoms in total. The number of likely N-dealkylation sites (tertiary alicyclic amines) is 1. The number of hydrogen-bond acceptors (Lipinski definition) is 7. The summed E-state index contributed by atoms with van der Waals surface area (Å²) >= 11 is 2.89. The summed E-state index contributed by atoms with van der Waals surface area (Å²) in [4.78, 5) is 40.4. The predicted octanol–water partition coefficient (Wildman–Crippen LogP) is 2.18. The molecule has 3 heterocycles. The van der Waals surface area contributed by atoms with Gasteiger partial charge in [0.1, 0.15) is 5.01 Å². The largest absolute Gasteiger partial charge is 0.451 e. The van der Waals surface area contributed by atoms with Crippen molar-refractivity contribution in [1.82, 2.24) is 9.88 Å². The molecule has 0 aromatic carbocycles. The number of amides is 2. The van der Waals surface area contributed by atoms with E-state index in [-0.39, 0.29) is 11.6 Å². The molecule has 0 spiro atoms. The minimum atomic E-state index is -0.655. The van der Waals surface area contributed by atoms with Gasteiger partial charge in [0.2, 0.25) is 5.91 Å². The zero-order valence-corrected chi connectivity index (χ0v) is 13.1. The van der Waals surface area contributed by atoms with Gasteiger partial charge in [-0.25, -0.2) is 9.78 Å². The molecular weight excluding hydrogens is 324 g/mol. The van der Waals surface area contributed by atoms with Gasteiger partial charge in [-0.1, -0.05) is 0 Å². The van der Waals surface area contributed by atoms with Crippen LogP contribution < -0.4 is 0 Å². The number of carbonyl (C=O) groups is 3. The molecule has 114 valence electrons. The van der Waals surface area contributed by atoms with Gasteiger partial charge in [0.15, 0.2) is 12.3 Å². The van der Waals surface area contributed by atoms with E-state index in [0.29, 0.717) is 19.4 Å². The average molecular weight is 336 g/mol. The second kappa shape index (κ2) is 6.37. The lowest BCUT2D eigenvalue weighted by Crippen LogP contribution is -2.35. The normalized spacial score (nSPS) is 14.4. The van der Waals surface area contributed by atoms with E-state index in [9.17, 15) is 14.4 Å². The number of imide groups is 1. The van der Waals surface area contributed by atoms with E-state index in [4.69, 9.17) is 4.74 Å². The molecule has 0 aliphatic carbocycles. The number of nitrogens with zero attached hydrogens (tertiary/aromatic N) is 2. The maximum atomic E-state index is 11.9. The third-order valence-electron chi connectivity index (χ3n) is 3.18. The van der Waals surface area contributed by atoms with E-state index in [1.54, 1.807) is 16.7 Å². The third kappa shape index (κ3) is 3.07. The first-order valence-electron chi connectivity index (χ1n) is 6.63. The Morgan fingerprint density at radius 2 is 2.23 bits per heavy atom. The van der Waals surface area contributed by atoms with E-state index in [1.165, 1.54) is 11.3 Å². The van der Waals surface area contributed by atoms with Crippen LogP contribution in [0.4, 0.5) is 0 Å². The van der Waals surface area contributed by atoms with Crippen LogP contribution in [-0.2, 0) is 14.3 Å². The Labute approximate surface area is 134 Å². The van der Waals surface area contributed by atoms with Gasteiger partial charge in [-0.15, -0.1) is 11.3 Å². The Kier molecular flexibility index (Phi) is 4.30. The van der Waals surface area contributed by atoms with Crippen LogP contribution in [0.25, 0.3) is 10.6 Å². The number of carbonyl (C=O) groups excluding carboxylic acids is 3. The number of thiazole rings is 1. The van der Waals surface area contributed by atoms with Crippen molar-refractivity contribution in [2.45, 2.75) is 12.8 Å². The summed E-state index contributed by atoms with van der Waals surface area (Å²) in [6, 6.07) is 1.92. The molecule has 0 radical (unpaired) electrons. The molecule has 0 unspecified atom stereocenters. The monoisotopic (exact) mass is 336 g/mol. The van der Waals surface area contributed by atoms with Gasteiger partial charge < -0.3 is 4.74 Å². The number of ether oxygens (including phenoxy) is 1. The molecule has 2 aromatic heterocycles. The van der Waals surface area contributed by atoms with Crippen LogP contribution in [0, 0.1) is 0 Å². The van der Waals surface area contributed by atoms with Gasteiger partial charge in [-0.3, -0.25) is 14.5 Å². The van der Waals surface area contributed by atoms with Crippen molar-refractivity contribution in [2.75, 3.05) is 13.2 Å². The number of esters is 1. The second-order valence-electron chi connectivity index (χ2n) is 4.67. The van der Waals surface area contributed by atoms with Gasteiger partial charge in [0, 0.05) is 29.3 Å². The molecule has 0 saturated carbocycles. The molecule has 0 bridgehead atoms. The smallest absolute Gasteiger partial charge is 0.358 e. The van der Waals surface area contributed by atoms with E-state index in [0.717, 1.165) is 15.5 Å². The van der Waals surface area contributed by atoms with Crippen molar-refractivity contribution in [2.24, 2.45) is 0 Å². The first-order chi connectivity index (χ1) is 10.6. The molecule has 0 atom stereocenters. The Hall–Kier alpha value is -2.06. The zero-order chi connectivity index (χ0) is 15.5. The highest BCUT2D eigenvalue weighted by Crippen LogP contribution is 2.25. The van der Waals surface area contributed by atoms with E-state index < -0.39 is 18.5 Å². The van der Waals surface area contributed by atoms with Crippen molar-refractivity contribution in [3.05, 3.63) is 27.9 Å². The quantitative estimate of drug-likeness (QED) is 0.800. The Morgan fingerprint density at radius 1 is 1.36 bits per heavy atom. The molecule has 22 heavy (non-hydrogen) atoms. The van der Waals surface area contributed by atoms with Gasteiger partial charge in [0.25, 0.3) is 5.91 Å². The molecule has 0 N–H and O–H groups in total. The van der Waals surface area contributed by atoms with Crippen molar-refractivity contribution < 1.29 is 19.1 Å². The lowest BCUT2D eigenvalue weighted by Gasteiger charge is -2.12. The fourth-order valence-electron chi connectivity index (χ4n) is 2.08. The maximum absolute atomic E-state index is 11.9. The first kappa shape index (κ1) is 14.9. The Balaban J connectivity index is 1.58. The molecule has 1 aliphatic heterocycles. The number of thiophene rings is 1. The summed E-state index contributed by atoms with van der Waals surface area (Å²) in [6.07, 6.45) is 1.03. The van der Waals surface area contributed by atoms with Crippen LogP contribution in [0.5, 0.6) is 0 Å². The Morgan fingerprint density at radius 3 is 2.91 bits per heavy atom. The fourth-order valence-corrected chi connectivity index (χ4v) is 3.58.